The Kier molecular flexibility index (Phi) is 6.72. The van der Waals surface area contributed by atoms with Gasteiger partial charge in [-0.3, -0.25) is 9.69 Å². The molecule has 0 spiro atoms. The van der Waals surface area contributed by atoms with E-state index in [4.69, 9.17) is 17.3 Å². The Morgan fingerprint density at radius 1 is 1.06 bits per heavy atom. The van der Waals surface area contributed by atoms with Crippen molar-refractivity contribution in [2.45, 2.75) is 44.1 Å². The van der Waals surface area contributed by atoms with Crippen LogP contribution in [-0.2, 0) is 23.9 Å². The zero-order chi connectivity index (χ0) is 25.4. The normalized spacial score (nSPS) is 16.6. The summed E-state index contributed by atoms with van der Waals surface area (Å²) in [5.74, 6) is -0.249. The van der Waals surface area contributed by atoms with Gasteiger partial charge >= 0.3 is 6.18 Å². The van der Waals surface area contributed by atoms with Gasteiger partial charge < -0.3 is 21.0 Å². The summed E-state index contributed by atoms with van der Waals surface area (Å²) in [5.41, 5.74) is 8.79. The first-order valence-electron chi connectivity index (χ1n) is 11.9. The first-order chi connectivity index (χ1) is 17.2. The number of aromatic nitrogens is 2. The molecular formula is C26H27ClF3N5O. The van der Waals surface area contributed by atoms with E-state index in [1.54, 1.807) is 6.20 Å². The SMILES string of the molecule is N[C@@H](Cc1c[nH]c2cc(C(F)(F)F)ccc12)C(=O)NC1CCN(Cc2c[nH]c3ccc(Cl)cc23)CC1. The molecule has 2 aromatic carbocycles. The zero-order valence-electron chi connectivity index (χ0n) is 19.5. The third-order valence-corrected chi connectivity index (χ3v) is 7.16. The number of hydrogen-bond acceptors (Lipinski definition) is 3. The molecule has 1 aliphatic heterocycles. The third kappa shape index (κ3) is 5.23. The zero-order valence-corrected chi connectivity index (χ0v) is 20.2. The Hall–Kier alpha value is -3.01. The molecule has 10 heteroatoms. The number of aromatic amines is 2. The van der Waals surface area contributed by atoms with E-state index in [-0.39, 0.29) is 18.4 Å². The molecule has 0 bridgehead atoms. The number of alkyl halides is 3. The molecule has 1 aliphatic rings. The predicted octanol–water partition coefficient (Wildman–Crippen LogP) is 4.97. The van der Waals surface area contributed by atoms with E-state index in [2.05, 4.69) is 20.2 Å². The number of piperidine rings is 1. The standard InChI is InChI=1S/C26H27ClF3N5O/c27-18-2-4-23-21(11-18)16(13-32-23)14-35-7-5-19(6-8-35)34-25(36)22(31)9-15-12-33-24-10-17(26(28,29)30)1-3-20(15)24/h1-4,10-13,19,22,32-33H,5-9,14,31H2,(H,34,36)/t22-/m0/s1. The highest BCUT2D eigenvalue weighted by Gasteiger charge is 2.31. The number of carbonyl (C=O) groups excluding carboxylic acids is 1. The van der Waals surface area contributed by atoms with Gasteiger partial charge in [-0.2, -0.15) is 13.2 Å². The summed E-state index contributed by atoms with van der Waals surface area (Å²) in [5, 5.41) is 5.52. The van der Waals surface area contributed by atoms with Crippen molar-refractivity contribution in [2.24, 2.45) is 5.73 Å². The lowest BCUT2D eigenvalue weighted by Crippen LogP contribution is -2.50. The fourth-order valence-corrected chi connectivity index (χ4v) is 5.10. The van der Waals surface area contributed by atoms with Crippen molar-refractivity contribution in [3.05, 3.63) is 70.5 Å². The van der Waals surface area contributed by atoms with Crippen LogP contribution in [-0.4, -0.2) is 45.9 Å². The molecule has 190 valence electrons. The van der Waals surface area contributed by atoms with Crippen molar-refractivity contribution in [1.29, 1.82) is 0 Å². The van der Waals surface area contributed by atoms with Crippen LogP contribution in [0.3, 0.4) is 0 Å². The molecule has 1 atom stereocenters. The summed E-state index contributed by atoms with van der Waals surface area (Å²) in [4.78, 5) is 21.2. The van der Waals surface area contributed by atoms with Gasteiger partial charge in [0.15, 0.2) is 0 Å². The number of halogens is 4. The molecule has 5 N–H and O–H groups in total. The van der Waals surface area contributed by atoms with Gasteiger partial charge in [-0.25, -0.2) is 0 Å². The van der Waals surface area contributed by atoms with E-state index < -0.39 is 17.8 Å². The number of hydrogen-bond donors (Lipinski definition) is 4. The van der Waals surface area contributed by atoms with Crippen LogP contribution >= 0.6 is 11.6 Å². The number of nitrogens with one attached hydrogen (secondary N) is 3. The predicted molar refractivity (Wildman–Crippen MR) is 135 cm³/mol. The minimum atomic E-state index is -4.41. The monoisotopic (exact) mass is 517 g/mol. The fraction of sp³-hybridized carbons (Fsp3) is 0.346. The van der Waals surface area contributed by atoms with Crippen LogP contribution in [0.15, 0.2) is 48.8 Å². The van der Waals surface area contributed by atoms with Crippen LogP contribution in [0.25, 0.3) is 21.8 Å². The second kappa shape index (κ2) is 9.80. The largest absolute Gasteiger partial charge is 0.416 e. The van der Waals surface area contributed by atoms with Gasteiger partial charge in [0.1, 0.15) is 0 Å². The van der Waals surface area contributed by atoms with Crippen LogP contribution in [0.1, 0.15) is 29.5 Å². The van der Waals surface area contributed by atoms with Gasteiger partial charge in [0.05, 0.1) is 11.6 Å². The van der Waals surface area contributed by atoms with Crippen LogP contribution in [0.4, 0.5) is 13.2 Å². The summed E-state index contributed by atoms with van der Waals surface area (Å²) in [6, 6.07) is 8.60. The van der Waals surface area contributed by atoms with Crippen molar-refractivity contribution in [3.8, 4) is 0 Å². The molecule has 0 aliphatic carbocycles. The van der Waals surface area contributed by atoms with Gasteiger partial charge in [0.25, 0.3) is 0 Å². The van der Waals surface area contributed by atoms with Crippen molar-refractivity contribution < 1.29 is 18.0 Å². The van der Waals surface area contributed by atoms with E-state index in [1.807, 2.05) is 24.4 Å². The molecule has 4 aromatic rings. The number of carbonyl (C=O) groups is 1. The summed E-state index contributed by atoms with van der Waals surface area (Å²) >= 11 is 6.16. The number of likely N-dealkylation sites (tertiary alicyclic amines) is 1. The number of H-pyrrole nitrogens is 2. The second-order valence-corrected chi connectivity index (χ2v) is 9.88. The van der Waals surface area contributed by atoms with Gasteiger partial charge in [-0.05, 0) is 60.7 Å². The van der Waals surface area contributed by atoms with Crippen LogP contribution in [0, 0.1) is 0 Å². The summed E-state index contributed by atoms with van der Waals surface area (Å²) in [6.07, 6.45) is 1.09. The molecule has 5 rings (SSSR count). The lowest BCUT2D eigenvalue weighted by atomic mass is 10.0. The summed E-state index contributed by atoms with van der Waals surface area (Å²) < 4.78 is 38.9. The molecule has 36 heavy (non-hydrogen) atoms. The molecule has 6 nitrogen and oxygen atoms in total. The smallest absolute Gasteiger partial charge is 0.361 e. The van der Waals surface area contributed by atoms with E-state index in [9.17, 15) is 18.0 Å². The first-order valence-corrected chi connectivity index (χ1v) is 12.3. The molecule has 0 unspecified atom stereocenters. The first kappa shape index (κ1) is 24.7. The summed E-state index contributed by atoms with van der Waals surface area (Å²) in [6.45, 7) is 2.49. The highest BCUT2D eigenvalue weighted by Crippen LogP contribution is 2.32. The quantitative estimate of drug-likeness (QED) is 0.291. The van der Waals surface area contributed by atoms with Crippen molar-refractivity contribution in [3.63, 3.8) is 0 Å². The van der Waals surface area contributed by atoms with E-state index in [0.717, 1.165) is 61.1 Å². The molecular weight excluding hydrogens is 491 g/mol. The van der Waals surface area contributed by atoms with Gasteiger partial charge in [0, 0.05) is 64.9 Å². The van der Waals surface area contributed by atoms with E-state index >= 15 is 0 Å². The van der Waals surface area contributed by atoms with Crippen molar-refractivity contribution in [2.75, 3.05) is 13.1 Å². The maximum absolute atomic E-state index is 13.0. The van der Waals surface area contributed by atoms with Gasteiger partial charge in [-0.15, -0.1) is 0 Å². The van der Waals surface area contributed by atoms with Gasteiger partial charge in [-0.1, -0.05) is 17.7 Å². The lowest BCUT2D eigenvalue weighted by Gasteiger charge is -2.32. The summed E-state index contributed by atoms with van der Waals surface area (Å²) in [7, 11) is 0. The van der Waals surface area contributed by atoms with Crippen LogP contribution in [0.5, 0.6) is 0 Å². The average molecular weight is 518 g/mol. The number of benzene rings is 2. The topological polar surface area (TPSA) is 89.9 Å². The Morgan fingerprint density at radius 3 is 2.53 bits per heavy atom. The molecule has 1 amide bonds. The number of nitrogens with two attached hydrogens (primary N) is 1. The number of nitrogens with zero attached hydrogens (tertiary/aromatic N) is 1. The highest BCUT2D eigenvalue weighted by molar-refractivity contribution is 6.31. The molecule has 2 aromatic heterocycles. The Labute approximate surface area is 211 Å². The van der Waals surface area contributed by atoms with Gasteiger partial charge in [0.2, 0.25) is 5.91 Å². The Balaban J connectivity index is 1.14. The Morgan fingerprint density at radius 2 is 1.78 bits per heavy atom. The minimum absolute atomic E-state index is 0.0366. The maximum atomic E-state index is 13.0. The van der Waals surface area contributed by atoms with Crippen molar-refractivity contribution in [1.82, 2.24) is 20.2 Å². The third-order valence-electron chi connectivity index (χ3n) is 6.93. The molecule has 1 saturated heterocycles. The second-order valence-electron chi connectivity index (χ2n) is 9.45. The lowest BCUT2D eigenvalue weighted by molar-refractivity contribution is -0.137. The molecule has 1 fully saturated rings. The van der Waals surface area contributed by atoms with Crippen molar-refractivity contribution >= 4 is 39.3 Å². The van der Waals surface area contributed by atoms with E-state index in [0.29, 0.717) is 15.9 Å². The minimum Gasteiger partial charge on any atom is -0.361 e. The molecule has 0 saturated carbocycles. The number of rotatable bonds is 6. The fourth-order valence-electron chi connectivity index (χ4n) is 4.93. The maximum Gasteiger partial charge on any atom is 0.416 e. The van der Waals surface area contributed by atoms with Crippen LogP contribution < -0.4 is 11.1 Å². The average Bonchev–Trinajstić information content (AvgIpc) is 3.43. The van der Waals surface area contributed by atoms with Crippen LogP contribution in [0.2, 0.25) is 5.02 Å². The number of amides is 1. The molecule has 3 heterocycles. The highest BCUT2D eigenvalue weighted by atomic mass is 35.5. The van der Waals surface area contributed by atoms with E-state index in [1.165, 1.54) is 11.6 Å². The number of fused-ring (bicyclic) bond motifs is 2. The Bertz CT molecular complexity index is 1390. The molecule has 0 radical (unpaired) electrons.